The van der Waals surface area contributed by atoms with Crippen molar-refractivity contribution >= 4 is 25.7 Å². The summed E-state index contributed by atoms with van der Waals surface area (Å²) >= 11 is 0. The fraction of sp³-hybridized carbons (Fsp3) is 0.829. The van der Waals surface area contributed by atoms with E-state index in [4.69, 9.17) is 24.8 Å². The topological polar surface area (TPSA) is 172 Å². The summed E-state index contributed by atoms with van der Waals surface area (Å²) in [6.07, 6.45) is 36.7. The number of carboxylic acid groups (broad SMARTS) is 1. The molecule has 0 aromatic heterocycles. The molecule has 0 saturated heterocycles. The van der Waals surface area contributed by atoms with Crippen LogP contribution in [0.5, 0.6) is 0 Å². The number of phosphoric ester groups is 1. The highest BCUT2D eigenvalue weighted by atomic mass is 31.2. The molecule has 11 nitrogen and oxygen atoms in total. The number of hydrogen-bond acceptors (Lipinski definition) is 9. The van der Waals surface area contributed by atoms with E-state index in [0.29, 0.717) is 12.8 Å². The molecule has 0 amide bonds. The average molecular weight is 774 g/mol. The molecule has 0 heterocycles. The number of unbranched alkanes of at least 4 members (excludes halogenated alkanes) is 21. The van der Waals surface area contributed by atoms with Gasteiger partial charge in [-0.05, 0) is 64.2 Å². The van der Waals surface area contributed by atoms with E-state index >= 15 is 0 Å². The Morgan fingerprint density at radius 3 is 1.42 bits per heavy atom. The number of carbonyl (C=O) groups is 3. The molecule has 4 N–H and O–H groups in total. The van der Waals surface area contributed by atoms with E-state index in [1.54, 1.807) is 0 Å². The molecule has 3 unspecified atom stereocenters. The summed E-state index contributed by atoms with van der Waals surface area (Å²) in [5.41, 5.74) is 5.32. The van der Waals surface area contributed by atoms with Crippen molar-refractivity contribution in [1.82, 2.24) is 0 Å². The van der Waals surface area contributed by atoms with Crippen LogP contribution in [0.25, 0.3) is 0 Å². The summed E-state index contributed by atoms with van der Waals surface area (Å²) in [7, 11) is -4.71. The van der Waals surface area contributed by atoms with Crippen LogP contribution in [0, 0.1) is 0 Å². The Labute approximate surface area is 321 Å². The first kappa shape index (κ1) is 51.0. The first-order chi connectivity index (χ1) is 25.6. The SMILES string of the molecule is CCCCC/C=C\CCCCCCCC(=O)OCC(COP(=O)(O)OCC(N)C(=O)O)OC(=O)CCCCCCCCC/C=C\CCCCCCCC. The third-order valence-electron chi connectivity index (χ3n) is 8.92. The summed E-state index contributed by atoms with van der Waals surface area (Å²) in [5.74, 6) is -2.39. The minimum atomic E-state index is -4.71. The van der Waals surface area contributed by atoms with Crippen LogP contribution in [-0.2, 0) is 37.5 Å². The van der Waals surface area contributed by atoms with Crippen molar-refractivity contribution in [3.8, 4) is 0 Å². The Bertz CT molecular complexity index is 1010. The molecule has 0 saturated carbocycles. The van der Waals surface area contributed by atoms with Crippen molar-refractivity contribution in [2.45, 2.75) is 199 Å². The maximum absolute atomic E-state index is 12.6. The van der Waals surface area contributed by atoms with Gasteiger partial charge in [0.05, 0.1) is 13.2 Å². The van der Waals surface area contributed by atoms with E-state index in [9.17, 15) is 23.8 Å². The zero-order chi connectivity index (χ0) is 39.3. The molecule has 0 spiro atoms. The van der Waals surface area contributed by atoms with Gasteiger partial charge in [-0.25, -0.2) is 4.57 Å². The molecule has 3 atom stereocenters. The molecule has 0 aromatic carbocycles. The molecule has 0 aromatic rings. The van der Waals surface area contributed by atoms with Gasteiger partial charge in [0.1, 0.15) is 12.6 Å². The normalized spacial score (nSPS) is 14.0. The zero-order valence-electron chi connectivity index (χ0n) is 33.4. The Kier molecular flexibility index (Phi) is 35.5. The summed E-state index contributed by atoms with van der Waals surface area (Å²) in [6, 6.07) is -1.52. The lowest BCUT2D eigenvalue weighted by molar-refractivity contribution is -0.161. The number of phosphoric acid groups is 1. The Balaban J connectivity index is 4.38. The number of hydrogen-bond donors (Lipinski definition) is 3. The van der Waals surface area contributed by atoms with Crippen molar-refractivity contribution in [2.24, 2.45) is 5.73 Å². The number of ether oxygens (including phenoxy) is 2. The number of nitrogens with two attached hydrogens (primary N) is 1. The molecule has 0 fully saturated rings. The molecule has 12 heteroatoms. The summed E-state index contributed by atoms with van der Waals surface area (Å²) in [5, 5.41) is 8.87. The van der Waals surface area contributed by atoms with E-state index in [1.807, 2.05) is 0 Å². The van der Waals surface area contributed by atoms with Crippen LogP contribution >= 0.6 is 7.82 Å². The Morgan fingerprint density at radius 2 is 0.943 bits per heavy atom. The summed E-state index contributed by atoms with van der Waals surface area (Å²) in [4.78, 5) is 45.8. The molecular weight excluding hydrogens is 697 g/mol. The van der Waals surface area contributed by atoms with E-state index < -0.39 is 51.1 Å². The van der Waals surface area contributed by atoms with Crippen molar-refractivity contribution in [3.63, 3.8) is 0 Å². The lowest BCUT2D eigenvalue weighted by atomic mass is 10.1. The second-order valence-corrected chi connectivity index (χ2v) is 15.6. The van der Waals surface area contributed by atoms with Crippen LogP contribution < -0.4 is 5.73 Å². The van der Waals surface area contributed by atoms with Gasteiger partial charge in [0, 0.05) is 12.8 Å². The highest BCUT2D eigenvalue weighted by Crippen LogP contribution is 2.43. The summed E-state index contributed by atoms with van der Waals surface area (Å²) < 4.78 is 32.6. The van der Waals surface area contributed by atoms with Crippen molar-refractivity contribution in [3.05, 3.63) is 24.3 Å². The van der Waals surface area contributed by atoms with Crippen molar-refractivity contribution < 1.29 is 47.5 Å². The number of rotatable bonds is 39. The number of carbonyl (C=O) groups excluding carboxylic acids is 2. The predicted molar refractivity (Wildman–Crippen MR) is 212 cm³/mol. The van der Waals surface area contributed by atoms with Gasteiger partial charge < -0.3 is 25.2 Å². The van der Waals surface area contributed by atoms with Crippen LogP contribution in [0.3, 0.4) is 0 Å². The fourth-order valence-electron chi connectivity index (χ4n) is 5.58. The largest absolute Gasteiger partial charge is 0.480 e. The molecular formula is C41H76NO10P. The number of allylic oxidation sites excluding steroid dienone is 4. The number of carboxylic acids is 1. The monoisotopic (exact) mass is 774 g/mol. The van der Waals surface area contributed by atoms with E-state index in [-0.39, 0.29) is 19.4 Å². The molecule has 53 heavy (non-hydrogen) atoms. The maximum atomic E-state index is 12.6. The smallest absolute Gasteiger partial charge is 0.472 e. The predicted octanol–water partition coefficient (Wildman–Crippen LogP) is 10.7. The zero-order valence-corrected chi connectivity index (χ0v) is 34.3. The Morgan fingerprint density at radius 1 is 0.566 bits per heavy atom. The quantitative estimate of drug-likeness (QED) is 0.0235. The maximum Gasteiger partial charge on any atom is 0.472 e. The fourth-order valence-corrected chi connectivity index (χ4v) is 6.36. The van der Waals surface area contributed by atoms with Crippen LogP contribution in [-0.4, -0.2) is 59.9 Å². The number of aliphatic carboxylic acids is 1. The second kappa shape index (κ2) is 36.9. The summed E-state index contributed by atoms with van der Waals surface area (Å²) in [6.45, 7) is 2.76. The molecule has 0 aliphatic carbocycles. The third-order valence-corrected chi connectivity index (χ3v) is 9.87. The average Bonchev–Trinajstić information content (AvgIpc) is 3.13. The number of esters is 2. The van der Waals surface area contributed by atoms with E-state index in [0.717, 1.165) is 70.6 Å². The minimum absolute atomic E-state index is 0.156. The van der Waals surface area contributed by atoms with Crippen molar-refractivity contribution in [2.75, 3.05) is 19.8 Å². The van der Waals surface area contributed by atoms with Crippen LogP contribution in [0.4, 0.5) is 0 Å². The van der Waals surface area contributed by atoms with Gasteiger partial charge >= 0.3 is 25.7 Å². The van der Waals surface area contributed by atoms with Gasteiger partial charge in [0.15, 0.2) is 6.10 Å². The van der Waals surface area contributed by atoms with E-state index in [1.165, 1.54) is 77.0 Å². The van der Waals surface area contributed by atoms with E-state index in [2.05, 4.69) is 42.7 Å². The standard InChI is InChI=1S/C41H76NO10P/c1-3-5-7-9-11-13-15-17-18-19-20-21-23-25-27-29-31-33-40(44)52-37(35-50-53(47,48)51-36-38(42)41(45)46)34-49-39(43)32-30-28-26-24-22-16-14-12-10-8-6-4-2/h12,14,17-18,37-38H,3-11,13,15-16,19-36,42H2,1-2H3,(H,45,46)(H,47,48)/b14-12-,18-17-. The van der Waals surface area contributed by atoms with Gasteiger partial charge in [-0.2, -0.15) is 0 Å². The lowest BCUT2D eigenvalue weighted by Gasteiger charge is -2.20. The van der Waals surface area contributed by atoms with Gasteiger partial charge in [-0.1, -0.05) is 134 Å². The van der Waals surface area contributed by atoms with Crippen LogP contribution in [0.1, 0.15) is 187 Å². The molecule has 0 rings (SSSR count). The molecule has 0 radical (unpaired) electrons. The second-order valence-electron chi connectivity index (χ2n) is 14.1. The molecule has 0 bridgehead atoms. The van der Waals surface area contributed by atoms with Crippen LogP contribution in [0.2, 0.25) is 0 Å². The minimum Gasteiger partial charge on any atom is -0.480 e. The van der Waals surface area contributed by atoms with Gasteiger partial charge in [0.2, 0.25) is 0 Å². The first-order valence-corrected chi connectivity index (χ1v) is 22.4. The van der Waals surface area contributed by atoms with Gasteiger partial charge in [-0.3, -0.25) is 23.4 Å². The highest BCUT2D eigenvalue weighted by Gasteiger charge is 2.28. The molecule has 310 valence electrons. The lowest BCUT2D eigenvalue weighted by Crippen LogP contribution is -2.34. The Hall–Kier alpha value is -2.04. The van der Waals surface area contributed by atoms with Crippen LogP contribution in [0.15, 0.2) is 24.3 Å². The van der Waals surface area contributed by atoms with Crippen molar-refractivity contribution in [1.29, 1.82) is 0 Å². The first-order valence-electron chi connectivity index (χ1n) is 20.9. The molecule has 0 aliphatic rings. The third kappa shape index (κ3) is 36.7. The highest BCUT2D eigenvalue weighted by molar-refractivity contribution is 7.47. The van der Waals surface area contributed by atoms with Gasteiger partial charge in [0.25, 0.3) is 0 Å². The molecule has 0 aliphatic heterocycles. The van der Waals surface area contributed by atoms with Gasteiger partial charge in [-0.15, -0.1) is 0 Å².